The summed E-state index contributed by atoms with van der Waals surface area (Å²) >= 11 is 0. The Balaban J connectivity index is 1.27. The molecular weight excluding hydrogens is 494 g/mol. The minimum Gasteiger partial charge on any atom is -0.486 e. The van der Waals surface area contributed by atoms with Crippen LogP contribution in [0.1, 0.15) is 17.7 Å². The van der Waals surface area contributed by atoms with Crippen LogP contribution in [0.3, 0.4) is 0 Å². The first kappa shape index (κ1) is 24.6. The number of aromatic nitrogens is 4. The predicted molar refractivity (Wildman–Crippen MR) is 149 cm³/mol. The number of benzene rings is 1. The number of rotatable bonds is 8. The first-order valence-corrected chi connectivity index (χ1v) is 12.9. The lowest BCUT2D eigenvalue weighted by Gasteiger charge is -2.24. The number of carbonyl (C=O) groups is 1. The average molecular weight is 524 g/mol. The molecule has 0 saturated heterocycles. The van der Waals surface area contributed by atoms with Gasteiger partial charge < -0.3 is 25.0 Å². The zero-order valence-electron chi connectivity index (χ0n) is 21.8. The molecular formula is C29H29N7O3. The molecule has 1 aliphatic carbocycles. The number of aryl methyl sites for hydroxylation is 2. The van der Waals surface area contributed by atoms with Crippen LogP contribution in [0.4, 0.5) is 17.3 Å². The normalized spacial score (nSPS) is 17.3. The Bertz CT molecular complexity index is 1560. The van der Waals surface area contributed by atoms with Crippen LogP contribution in [0.2, 0.25) is 0 Å². The molecule has 6 rings (SSSR count). The zero-order chi connectivity index (χ0) is 26.9. The molecule has 198 valence electrons. The molecule has 2 aliphatic rings. The van der Waals surface area contributed by atoms with Crippen LogP contribution >= 0.6 is 0 Å². The van der Waals surface area contributed by atoms with Gasteiger partial charge in [-0.3, -0.25) is 9.78 Å². The minimum absolute atomic E-state index is 0.189. The van der Waals surface area contributed by atoms with E-state index in [9.17, 15) is 4.79 Å². The molecule has 1 saturated carbocycles. The van der Waals surface area contributed by atoms with Crippen molar-refractivity contribution in [3.05, 3.63) is 72.8 Å². The molecule has 0 radical (unpaired) electrons. The number of carbonyl (C=O) groups excluding carboxylic acids is 1. The van der Waals surface area contributed by atoms with Crippen molar-refractivity contribution >= 4 is 34.3 Å². The molecule has 1 aromatic carbocycles. The smallest absolute Gasteiger partial charge is 0.243 e. The lowest BCUT2D eigenvalue weighted by Crippen LogP contribution is -2.35. The van der Waals surface area contributed by atoms with Gasteiger partial charge in [-0.2, -0.15) is 0 Å². The summed E-state index contributed by atoms with van der Waals surface area (Å²) in [6.07, 6.45) is 5.72. The summed E-state index contributed by atoms with van der Waals surface area (Å²) in [6, 6.07) is 11.6. The largest absolute Gasteiger partial charge is 0.486 e. The van der Waals surface area contributed by atoms with Crippen molar-refractivity contribution in [2.24, 2.45) is 5.92 Å². The summed E-state index contributed by atoms with van der Waals surface area (Å²) in [4.78, 5) is 32.1. The van der Waals surface area contributed by atoms with E-state index in [0.717, 1.165) is 41.5 Å². The predicted octanol–water partition coefficient (Wildman–Crippen LogP) is 4.46. The van der Waals surface area contributed by atoms with Gasteiger partial charge in [-0.15, -0.1) is 0 Å². The van der Waals surface area contributed by atoms with Gasteiger partial charge in [0.2, 0.25) is 5.91 Å². The topological polar surface area (TPSA) is 114 Å². The van der Waals surface area contributed by atoms with Crippen molar-refractivity contribution in [1.82, 2.24) is 25.3 Å². The van der Waals surface area contributed by atoms with Gasteiger partial charge in [0, 0.05) is 43.0 Å². The van der Waals surface area contributed by atoms with E-state index in [1.54, 1.807) is 6.20 Å². The maximum absolute atomic E-state index is 11.7. The highest BCUT2D eigenvalue weighted by Crippen LogP contribution is 2.44. The van der Waals surface area contributed by atoms with Crippen LogP contribution in [0.5, 0.6) is 17.2 Å². The van der Waals surface area contributed by atoms with Gasteiger partial charge in [0.05, 0.1) is 11.7 Å². The summed E-state index contributed by atoms with van der Waals surface area (Å²) in [5.41, 5.74) is 4.07. The highest BCUT2D eigenvalue weighted by atomic mass is 16.5. The van der Waals surface area contributed by atoms with Gasteiger partial charge in [0.15, 0.2) is 17.4 Å². The Morgan fingerprint density at radius 2 is 2.10 bits per heavy atom. The Morgan fingerprint density at radius 3 is 2.90 bits per heavy atom. The first-order valence-electron chi connectivity index (χ1n) is 12.9. The minimum atomic E-state index is -0.195. The first-order chi connectivity index (χ1) is 19.0. The number of pyridine rings is 2. The number of anilines is 3. The molecule has 2 N–H and O–H groups in total. The molecule has 0 spiro atoms. The number of ether oxygens (including phenoxy) is 2. The third kappa shape index (κ3) is 5.31. The van der Waals surface area contributed by atoms with E-state index >= 15 is 0 Å². The molecule has 10 heteroatoms. The third-order valence-electron chi connectivity index (χ3n) is 6.86. The van der Waals surface area contributed by atoms with E-state index in [-0.39, 0.29) is 12.0 Å². The number of hydrogen-bond acceptors (Lipinski definition) is 9. The molecule has 1 amide bonds. The zero-order valence-corrected chi connectivity index (χ0v) is 21.8. The fourth-order valence-corrected chi connectivity index (χ4v) is 4.66. The highest BCUT2D eigenvalue weighted by Gasteiger charge is 2.44. The Kier molecular flexibility index (Phi) is 6.44. The van der Waals surface area contributed by atoms with Gasteiger partial charge in [-0.05, 0) is 62.2 Å². The number of hydrogen-bond donors (Lipinski definition) is 2. The van der Waals surface area contributed by atoms with Gasteiger partial charge >= 0.3 is 0 Å². The van der Waals surface area contributed by atoms with E-state index in [4.69, 9.17) is 14.5 Å². The lowest BCUT2D eigenvalue weighted by molar-refractivity contribution is -0.116. The number of nitrogens with zero attached hydrogens (tertiary/aromatic N) is 5. The van der Waals surface area contributed by atoms with Gasteiger partial charge in [-0.1, -0.05) is 6.58 Å². The summed E-state index contributed by atoms with van der Waals surface area (Å²) in [5, 5.41) is 6.25. The van der Waals surface area contributed by atoms with Crippen molar-refractivity contribution < 1.29 is 14.3 Å². The summed E-state index contributed by atoms with van der Waals surface area (Å²) in [6.45, 7) is 9.34. The van der Waals surface area contributed by atoms with E-state index in [0.29, 0.717) is 47.4 Å². The van der Waals surface area contributed by atoms with Gasteiger partial charge in [0.1, 0.15) is 29.4 Å². The molecule has 4 heterocycles. The summed E-state index contributed by atoms with van der Waals surface area (Å²) in [7, 11) is 0. The summed E-state index contributed by atoms with van der Waals surface area (Å²) in [5.74, 6) is 3.71. The van der Waals surface area contributed by atoms with Crippen LogP contribution in [0.15, 0.2) is 61.6 Å². The average Bonchev–Trinajstić information content (AvgIpc) is 3.68. The van der Waals surface area contributed by atoms with Crippen molar-refractivity contribution in [2.75, 3.05) is 29.9 Å². The maximum Gasteiger partial charge on any atom is 0.243 e. The fourth-order valence-electron chi connectivity index (χ4n) is 4.66. The van der Waals surface area contributed by atoms with E-state index in [2.05, 4.69) is 37.1 Å². The number of amides is 1. The SMILES string of the molecule is C=CC(=O)NCCN1CC2CC2Oc2cc3ncnc(Nc4ccc(Oc5ccc(C)nc5)c(C)c4)c3nc21. The van der Waals surface area contributed by atoms with Crippen LogP contribution in [-0.4, -0.2) is 51.6 Å². The van der Waals surface area contributed by atoms with Crippen molar-refractivity contribution in [1.29, 1.82) is 0 Å². The maximum atomic E-state index is 11.7. The summed E-state index contributed by atoms with van der Waals surface area (Å²) < 4.78 is 12.3. The van der Waals surface area contributed by atoms with Crippen LogP contribution in [-0.2, 0) is 4.79 Å². The second-order valence-corrected chi connectivity index (χ2v) is 9.84. The van der Waals surface area contributed by atoms with Gasteiger partial charge in [0.25, 0.3) is 0 Å². The Labute approximate surface area is 226 Å². The van der Waals surface area contributed by atoms with E-state index in [1.807, 2.05) is 50.2 Å². The monoisotopic (exact) mass is 523 g/mol. The molecule has 10 nitrogen and oxygen atoms in total. The van der Waals surface area contributed by atoms with E-state index in [1.165, 1.54) is 12.4 Å². The lowest BCUT2D eigenvalue weighted by atomic mass is 10.2. The highest BCUT2D eigenvalue weighted by molar-refractivity contribution is 5.90. The molecule has 2 atom stereocenters. The van der Waals surface area contributed by atoms with Crippen LogP contribution < -0.4 is 25.0 Å². The standard InChI is InChI=1S/C29H29N7O3/c1-4-26(37)30-9-10-36-15-19-12-24(19)39-25-13-22-27(35-29(25)36)28(33-16-32-22)34-20-6-8-23(17(2)11-20)38-21-7-5-18(3)31-14-21/h4-8,11,13-14,16,19,24H,1,9-10,12,15H2,2-3H3,(H,30,37)(H,32,33,34). The van der Waals surface area contributed by atoms with Gasteiger partial charge in [-0.25, -0.2) is 15.0 Å². The Hall–Kier alpha value is -4.73. The molecule has 4 aromatic rings. The second-order valence-electron chi connectivity index (χ2n) is 9.84. The van der Waals surface area contributed by atoms with Crippen molar-refractivity contribution in [3.63, 3.8) is 0 Å². The number of nitrogens with one attached hydrogen (secondary N) is 2. The molecule has 3 aromatic heterocycles. The Morgan fingerprint density at radius 1 is 1.21 bits per heavy atom. The molecule has 1 fully saturated rings. The quantitative estimate of drug-likeness (QED) is 0.323. The third-order valence-corrected chi connectivity index (χ3v) is 6.86. The number of fused-ring (bicyclic) bond motifs is 3. The van der Waals surface area contributed by atoms with Crippen molar-refractivity contribution in [3.8, 4) is 17.2 Å². The second kappa shape index (κ2) is 10.2. The molecule has 1 aliphatic heterocycles. The molecule has 0 bridgehead atoms. The van der Waals surface area contributed by atoms with Crippen LogP contribution in [0.25, 0.3) is 11.0 Å². The van der Waals surface area contributed by atoms with Crippen LogP contribution in [0, 0.1) is 19.8 Å². The van der Waals surface area contributed by atoms with Crippen molar-refractivity contribution in [2.45, 2.75) is 26.4 Å². The van der Waals surface area contributed by atoms with E-state index < -0.39 is 0 Å². The molecule has 2 unspecified atom stereocenters. The fraction of sp³-hybridized carbons (Fsp3) is 0.276. The molecule has 39 heavy (non-hydrogen) atoms.